The van der Waals surface area contributed by atoms with Crippen molar-refractivity contribution in [3.8, 4) is 0 Å². The van der Waals surface area contributed by atoms with E-state index in [9.17, 15) is 17.6 Å². The van der Waals surface area contributed by atoms with Gasteiger partial charge in [0.15, 0.2) is 0 Å². The van der Waals surface area contributed by atoms with Crippen molar-refractivity contribution in [3.63, 3.8) is 0 Å². The van der Waals surface area contributed by atoms with Gasteiger partial charge >= 0.3 is 6.18 Å². The Bertz CT molecular complexity index is 157. The van der Waals surface area contributed by atoms with Gasteiger partial charge in [-0.15, -0.1) is 0 Å². The topological polar surface area (TPSA) is 20.2 Å². The molecular formula is C9H16F4O. The maximum Gasteiger partial charge on any atom is 0.424 e. The van der Waals surface area contributed by atoms with E-state index in [1.165, 1.54) is 0 Å². The molecule has 1 nitrogen and oxygen atoms in total. The highest BCUT2D eigenvalue weighted by Crippen LogP contribution is 2.37. The second-order valence-corrected chi connectivity index (χ2v) is 3.43. The molecule has 86 valence electrons. The Labute approximate surface area is 81.1 Å². The van der Waals surface area contributed by atoms with Crippen LogP contribution in [0.1, 0.15) is 39.0 Å². The predicted molar refractivity (Wildman–Crippen MR) is 45.7 cm³/mol. The fourth-order valence-corrected chi connectivity index (χ4v) is 1.14. The molecule has 0 aromatic carbocycles. The quantitative estimate of drug-likeness (QED) is 0.534. The van der Waals surface area contributed by atoms with E-state index in [4.69, 9.17) is 5.11 Å². The van der Waals surface area contributed by atoms with E-state index in [-0.39, 0.29) is 6.42 Å². The van der Waals surface area contributed by atoms with Gasteiger partial charge in [0.2, 0.25) is 5.67 Å². The van der Waals surface area contributed by atoms with Crippen LogP contribution in [0.5, 0.6) is 0 Å². The summed E-state index contributed by atoms with van der Waals surface area (Å²) in [5.74, 6) is 0. The number of alkyl halides is 4. The van der Waals surface area contributed by atoms with Gasteiger partial charge in [-0.2, -0.15) is 13.2 Å². The summed E-state index contributed by atoms with van der Waals surface area (Å²) in [7, 11) is 0. The van der Waals surface area contributed by atoms with Crippen molar-refractivity contribution in [2.24, 2.45) is 0 Å². The number of rotatable bonds is 6. The van der Waals surface area contributed by atoms with Crippen LogP contribution >= 0.6 is 0 Å². The molecule has 5 heteroatoms. The number of halogens is 4. The highest BCUT2D eigenvalue weighted by Gasteiger charge is 2.54. The molecule has 0 bridgehead atoms. The van der Waals surface area contributed by atoms with Crippen LogP contribution in [0.15, 0.2) is 0 Å². The minimum Gasteiger partial charge on any atom is -0.393 e. The SMILES string of the molecule is CCCCCCC(F)(CO)C(F)(F)F. The molecule has 0 aromatic rings. The normalized spacial score (nSPS) is 16.7. The molecule has 0 aliphatic carbocycles. The van der Waals surface area contributed by atoms with Crippen molar-refractivity contribution >= 4 is 0 Å². The summed E-state index contributed by atoms with van der Waals surface area (Å²) in [6.45, 7) is 0.432. The molecule has 0 amide bonds. The first kappa shape index (κ1) is 13.7. The molecule has 0 aliphatic heterocycles. The molecule has 0 heterocycles. The Hall–Kier alpha value is -0.320. The Morgan fingerprint density at radius 2 is 1.57 bits per heavy atom. The first-order chi connectivity index (χ1) is 6.37. The van der Waals surface area contributed by atoms with Gasteiger partial charge in [-0.05, 0) is 12.8 Å². The summed E-state index contributed by atoms with van der Waals surface area (Å²) in [5.41, 5.74) is -3.42. The third-order valence-corrected chi connectivity index (χ3v) is 2.19. The number of aliphatic hydroxyl groups is 1. The van der Waals surface area contributed by atoms with Crippen LogP contribution in [0, 0.1) is 0 Å². The van der Waals surface area contributed by atoms with Gasteiger partial charge in [-0.3, -0.25) is 0 Å². The van der Waals surface area contributed by atoms with E-state index in [2.05, 4.69) is 0 Å². The lowest BCUT2D eigenvalue weighted by Gasteiger charge is -2.25. The zero-order chi connectivity index (χ0) is 11.2. The van der Waals surface area contributed by atoms with Crippen LogP contribution in [0.25, 0.3) is 0 Å². The van der Waals surface area contributed by atoms with Crippen LogP contribution < -0.4 is 0 Å². The predicted octanol–water partition coefficient (Wildman–Crippen LogP) is 3.22. The lowest BCUT2D eigenvalue weighted by molar-refractivity contribution is -0.243. The standard InChI is InChI=1S/C9H16F4O/c1-2-3-4-5-6-8(10,7-14)9(11,12)13/h14H,2-7H2,1H3. The molecule has 1 unspecified atom stereocenters. The average Bonchev–Trinajstić information content (AvgIpc) is 2.10. The first-order valence-electron chi connectivity index (χ1n) is 4.74. The van der Waals surface area contributed by atoms with E-state index in [1.807, 2.05) is 6.92 Å². The summed E-state index contributed by atoms with van der Waals surface area (Å²) in [6.07, 6.45) is -3.21. The summed E-state index contributed by atoms with van der Waals surface area (Å²) in [4.78, 5) is 0. The summed E-state index contributed by atoms with van der Waals surface area (Å²) in [6, 6.07) is 0. The van der Waals surface area contributed by atoms with Crippen LogP contribution in [0.3, 0.4) is 0 Å². The third-order valence-electron chi connectivity index (χ3n) is 2.19. The maximum atomic E-state index is 13.1. The van der Waals surface area contributed by atoms with Crippen molar-refractivity contribution < 1.29 is 22.7 Å². The smallest absolute Gasteiger partial charge is 0.393 e. The second kappa shape index (κ2) is 5.53. The van der Waals surface area contributed by atoms with Crippen molar-refractivity contribution in [2.45, 2.75) is 50.9 Å². The fourth-order valence-electron chi connectivity index (χ4n) is 1.14. The van der Waals surface area contributed by atoms with Gasteiger partial charge in [-0.25, -0.2) is 4.39 Å². The zero-order valence-electron chi connectivity index (χ0n) is 8.20. The largest absolute Gasteiger partial charge is 0.424 e. The van der Waals surface area contributed by atoms with Crippen molar-refractivity contribution in [2.75, 3.05) is 6.61 Å². The number of hydrogen-bond donors (Lipinski definition) is 1. The summed E-state index contributed by atoms with van der Waals surface area (Å²) < 4.78 is 49.3. The van der Waals surface area contributed by atoms with Gasteiger partial charge in [0.25, 0.3) is 0 Å². The van der Waals surface area contributed by atoms with Crippen molar-refractivity contribution in [3.05, 3.63) is 0 Å². The molecule has 14 heavy (non-hydrogen) atoms. The number of unbranched alkanes of at least 4 members (excludes halogenated alkanes) is 3. The van der Waals surface area contributed by atoms with Crippen LogP contribution in [-0.4, -0.2) is 23.6 Å². The Balaban J connectivity index is 4.01. The highest BCUT2D eigenvalue weighted by atomic mass is 19.4. The Morgan fingerprint density at radius 1 is 1.00 bits per heavy atom. The third kappa shape index (κ3) is 3.82. The summed E-state index contributed by atoms with van der Waals surface area (Å²) >= 11 is 0. The fraction of sp³-hybridized carbons (Fsp3) is 1.00. The maximum absolute atomic E-state index is 13.1. The van der Waals surface area contributed by atoms with E-state index < -0.39 is 24.9 Å². The van der Waals surface area contributed by atoms with Crippen LogP contribution in [-0.2, 0) is 0 Å². The first-order valence-corrected chi connectivity index (χ1v) is 4.74. The van der Waals surface area contributed by atoms with Crippen molar-refractivity contribution in [1.29, 1.82) is 0 Å². The highest BCUT2D eigenvalue weighted by molar-refractivity contribution is 4.86. The van der Waals surface area contributed by atoms with Crippen LogP contribution in [0.2, 0.25) is 0 Å². The van der Waals surface area contributed by atoms with Gasteiger partial charge in [0, 0.05) is 0 Å². The van der Waals surface area contributed by atoms with Gasteiger partial charge in [0.1, 0.15) is 0 Å². The van der Waals surface area contributed by atoms with Crippen molar-refractivity contribution in [1.82, 2.24) is 0 Å². The molecule has 1 atom stereocenters. The molecule has 0 rings (SSSR count). The Morgan fingerprint density at radius 3 is 1.93 bits per heavy atom. The lowest BCUT2D eigenvalue weighted by atomic mass is 9.98. The minimum absolute atomic E-state index is 0.157. The van der Waals surface area contributed by atoms with E-state index in [0.717, 1.165) is 12.8 Å². The summed E-state index contributed by atoms with van der Waals surface area (Å²) in [5, 5.41) is 8.38. The van der Waals surface area contributed by atoms with E-state index in [0.29, 0.717) is 6.42 Å². The molecule has 0 saturated carbocycles. The number of aliphatic hydroxyl groups excluding tert-OH is 1. The molecular weight excluding hydrogens is 200 g/mol. The molecule has 0 saturated heterocycles. The average molecular weight is 216 g/mol. The lowest BCUT2D eigenvalue weighted by Crippen LogP contribution is -2.44. The zero-order valence-corrected chi connectivity index (χ0v) is 8.20. The van der Waals surface area contributed by atoms with Gasteiger partial charge in [-0.1, -0.05) is 26.2 Å². The molecule has 0 radical (unpaired) electrons. The molecule has 0 spiro atoms. The van der Waals surface area contributed by atoms with Gasteiger partial charge in [0.05, 0.1) is 6.61 Å². The van der Waals surface area contributed by atoms with Crippen LogP contribution in [0.4, 0.5) is 17.6 Å². The molecule has 0 aromatic heterocycles. The Kier molecular flexibility index (Phi) is 5.41. The molecule has 0 aliphatic rings. The minimum atomic E-state index is -4.96. The van der Waals surface area contributed by atoms with Gasteiger partial charge < -0.3 is 5.11 Å². The van der Waals surface area contributed by atoms with E-state index in [1.54, 1.807) is 0 Å². The monoisotopic (exact) mass is 216 g/mol. The molecule has 0 fully saturated rings. The van der Waals surface area contributed by atoms with E-state index >= 15 is 0 Å². The second-order valence-electron chi connectivity index (χ2n) is 3.43. The molecule has 1 N–H and O–H groups in total. The number of hydrogen-bond acceptors (Lipinski definition) is 1.